The second kappa shape index (κ2) is 6.05. The molecular weight excluding hydrogens is 223 g/mol. The summed E-state index contributed by atoms with van der Waals surface area (Å²) in [6.07, 6.45) is 19.6. The Labute approximate surface area is 109 Å². The van der Waals surface area contributed by atoms with Crippen molar-refractivity contribution in [1.29, 1.82) is 0 Å². The Morgan fingerprint density at radius 3 is 1.47 bits per heavy atom. The molecule has 17 heavy (non-hydrogen) atoms. The van der Waals surface area contributed by atoms with Crippen LogP contribution in [0.4, 0.5) is 0 Å². The topological polar surface area (TPSA) is 0 Å². The molecule has 0 atom stereocenters. The quantitative estimate of drug-likeness (QED) is 0.559. The van der Waals surface area contributed by atoms with Gasteiger partial charge in [-0.3, -0.25) is 0 Å². The van der Waals surface area contributed by atoms with Crippen LogP contribution in [0, 0.1) is 36.0 Å². The second-order valence-corrected chi connectivity index (χ2v) is 7.22. The Kier molecular flexibility index (Phi) is 4.43. The highest BCUT2D eigenvalue weighted by molar-refractivity contribution is 7.46. The summed E-state index contributed by atoms with van der Waals surface area (Å²) in [6.45, 7) is 0. The molecular formula is C16H24P. The maximum absolute atomic E-state index is 2.47. The fourth-order valence-corrected chi connectivity index (χ4v) is 5.12. The van der Waals surface area contributed by atoms with Gasteiger partial charge in [-0.2, -0.15) is 0 Å². The van der Waals surface area contributed by atoms with E-state index in [9.17, 15) is 0 Å². The van der Waals surface area contributed by atoms with Crippen molar-refractivity contribution in [3.63, 3.8) is 0 Å². The third-order valence-corrected chi connectivity index (χ3v) is 6.27. The monoisotopic (exact) mass is 247 g/mol. The van der Waals surface area contributed by atoms with Crippen molar-refractivity contribution in [2.24, 2.45) is 11.8 Å². The molecule has 3 aliphatic rings. The molecule has 0 nitrogen and oxygen atoms in total. The van der Waals surface area contributed by atoms with Crippen LogP contribution in [0.15, 0.2) is 0 Å². The Morgan fingerprint density at radius 1 is 0.647 bits per heavy atom. The van der Waals surface area contributed by atoms with Crippen molar-refractivity contribution in [1.82, 2.24) is 0 Å². The largest absolute Gasteiger partial charge is 0.0640 e. The SMILES string of the molecule is [CH]1[CH][C](C2CCCCC2)[P][C]1C1CCCCC1. The molecule has 1 heteroatoms. The summed E-state index contributed by atoms with van der Waals surface area (Å²) in [7, 11) is 1.61. The van der Waals surface area contributed by atoms with Crippen LogP contribution in [-0.4, -0.2) is 0 Å². The van der Waals surface area contributed by atoms with Crippen molar-refractivity contribution in [3.8, 4) is 0 Å². The molecule has 0 aromatic carbocycles. The minimum absolute atomic E-state index is 0.933. The first-order chi connectivity index (χ1) is 8.43. The predicted molar refractivity (Wildman–Crippen MR) is 75.2 cm³/mol. The average Bonchev–Trinajstić information content (AvgIpc) is 2.90. The van der Waals surface area contributed by atoms with Crippen LogP contribution in [0.3, 0.4) is 0 Å². The molecule has 1 saturated heterocycles. The Morgan fingerprint density at radius 2 is 1.06 bits per heavy atom. The van der Waals surface area contributed by atoms with E-state index in [1.54, 1.807) is 19.9 Å². The van der Waals surface area contributed by atoms with Crippen molar-refractivity contribution in [2.75, 3.05) is 0 Å². The van der Waals surface area contributed by atoms with Gasteiger partial charge < -0.3 is 0 Å². The summed E-state index contributed by atoms with van der Waals surface area (Å²) in [5, 5.41) is 0. The van der Waals surface area contributed by atoms with E-state index in [1.807, 2.05) is 0 Å². The zero-order chi connectivity index (χ0) is 11.5. The minimum atomic E-state index is 0.933. The number of rotatable bonds is 2. The van der Waals surface area contributed by atoms with Crippen LogP contribution in [0.5, 0.6) is 0 Å². The van der Waals surface area contributed by atoms with E-state index < -0.39 is 0 Å². The summed E-state index contributed by atoms with van der Waals surface area (Å²) in [5.41, 5.74) is 3.51. The van der Waals surface area contributed by atoms with Crippen molar-refractivity contribution in [3.05, 3.63) is 24.2 Å². The summed E-state index contributed by atoms with van der Waals surface area (Å²) in [6, 6.07) is 0. The Hall–Kier alpha value is 0.430. The van der Waals surface area contributed by atoms with E-state index >= 15 is 0 Å². The van der Waals surface area contributed by atoms with Gasteiger partial charge in [-0.25, -0.2) is 0 Å². The number of hydrogen-bond acceptors (Lipinski definition) is 0. The van der Waals surface area contributed by atoms with E-state index in [-0.39, 0.29) is 0 Å². The molecule has 0 aromatic rings. The molecule has 0 bridgehead atoms. The van der Waals surface area contributed by atoms with Crippen LogP contribution in [0.25, 0.3) is 0 Å². The van der Waals surface area contributed by atoms with Gasteiger partial charge in [0.2, 0.25) is 0 Å². The predicted octanol–water partition coefficient (Wildman–Crippen LogP) is 5.58. The molecule has 3 fully saturated rings. The van der Waals surface area contributed by atoms with E-state index in [2.05, 4.69) is 12.8 Å². The van der Waals surface area contributed by atoms with Crippen LogP contribution < -0.4 is 0 Å². The highest BCUT2D eigenvalue weighted by Gasteiger charge is 2.37. The summed E-state index contributed by atoms with van der Waals surface area (Å²) in [4.78, 5) is 0. The highest BCUT2D eigenvalue weighted by Crippen LogP contribution is 2.59. The van der Waals surface area contributed by atoms with E-state index in [4.69, 9.17) is 0 Å². The van der Waals surface area contributed by atoms with Crippen LogP contribution in [0.1, 0.15) is 64.2 Å². The maximum atomic E-state index is 2.47. The minimum Gasteiger partial charge on any atom is -0.0640 e. The lowest BCUT2D eigenvalue weighted by Crippen LogP contribution is -2.12. The molecule has 5 radical (unpaired) electrons. The molecule has 0 N–H and O–H groups in total. The van der Waals surface area contributed by atoms with Crippen molar-refractivity contribution < 1.29 is 0 Å². The third-order valence-electron chi connectivity index (χ3n) is 4.73. The Balaban J connectivity index is 1.50. The zero-order valence-corrected chi connectivity index (χ0v) is 11.7. The molecule has 93 valence electrons. The molecule has 2 saturated carbocycles. The van der Waals surface area contributed by atoms with Crippen molar-refractivity contribution >= 4 is 8.58 Å². The van der Waals surface area contributed by atoms with Gasteiger partial charge in [0.05, 0.1) is 0 Å². The molecule has 0 aromatic heterocycles. The fourth-order valence-electron chi connectivity index (χ4n) is 3.65. The summed E-state index contributed by atoms with van der Waals surface area (Å²) >= 11 is 0. The normalized spacial score (nSPS) is 31.1. The summed E-state index contributed by atoms with van der Waals surface area (Å²) in [5.74, 6) is 1.87. The van der Waals surface area contributed by atoms with Crippen LogP contribution in [0.2, 0.25) is 0 Å². The van der Waals surface area contributed by atoms with Crippen LogP contribution >= 0.6 is 8.58 Å². The first-order valence-corrected chi connectivity index (χ1v) is 8.46. The van der Waals surface area contributed by atoms with Crippen LogP contribution in [-0.2, 0) is 0 Å². The molecule has 1 heterocycles. The smallest absolute Gasteiger partial charge is 0.0117 e. The van der Waals surface area contributed by atoms with Gasteiger partial charge >= 0.3 is 0 Å². The number of hydrogen-bond donors (Lipinski definition) is 0. The average molecular weight is 247 g/mol. The third kappa shape index (κ3) is 3.06. The van der Waals surface area contributed by atoms with Crippen molar-refractivity contribution in [2.45, 2.75) is 64.2 Å². The van der Waals surface area contributed by atoms with E-state index in [1.165, 1.54) is 64.2 Å². The standard InChI is InChI=1S/C16H24P/c1-3-7-13(8-4-1)15-11-12-16(17-15)14-9-5-2-6-10-14/h11-14H,1-10H2. The van der Waals surface area contributed by atoms with Gasteiger partial charge in [-0.15, -0.1) is 0 Å². The van der Waals surface area contributed by atoms with E-state index in [0.717, 1.165) is 11.8 Å². The lowest BCUT2D eigenvalue weighted by atomic mass is 9.83. The van der Waals surface area contributed by atoms with E-state index in [0.29, 0.717) is 0 Å². The lowest BCUT2D eigenvalue weighted by Gasteiger charge is -2.29. The maximum Gasteiger partial charge on any atom is 0.0117 e. The lowest BCUT2D eigenvalue weighted by molar-refractivity contribution is 0.395. The van der Waals surface area contributed by atoms with Gasteiger partial charge in [-0.05, 0) is 50.4 Å². The zero-order valence-electron chi connectivity index (χ0n) is 10.8. The highest BCUT2D eigenvalue weighted by atomic mass is 31.1. The second-order valence-electron chi connectivity index (χ2n) is 5.96. The fraction of sp³-hybridized carbons (Fsp3) is 0.750. The Bertz CT molecular complexity index is 202. The summed E-state index contributed by atoms with van der Waals surface area (Å²) < 4.78 is 0. The van der Waals surface area contributed by atoms with Gasteiger partial charge in [0, 0.05) is 11.3 Å². The first-order valence-electron chi connectivity index (χ1n) is 7.57. The molecule has 2 aliphatic carbocycles. The van der Waals surface area contributed by atoms with Gasteiger partial charge in [0.1, 0.15) is 0 Å². The van der Waals surface area contributed by atoms with Gasteiger partial charge in [0.15, 0.2) is 0 Å². The molecule has 0 spiro atoms. The first kappa shape index (κ1) is 12.5. The molecule has 3 rings (SSSR count). The van der Waals surface area contributed by atoms with Gasteiger partial charge in [0.25, 0.3) is 0 Å². The molecule has 1 aliphatic heterocycles. The molecule has 0 unspecified atom stereocenters. The van der Waals surface area contributed by atoms with Gasteiger partial charge in [-0.1, -0.05) is 47.1 Å². The molecule has 0 amide bonds.